The molecular formula is C13H14ClN3O2. The lowest BCUT2D eigenvalue weighted by molar-refractivity contribution is 0.344. The molecule has 0 bridgehead atoms. The van der Waals surface area contributed by atoms with Crippen molar-refractivity contribution < 1.29 is 9.26 Å². The normalized spacial score (nSPS) is 18.7. The van der Waals surface area contributed by atoms with E-state index in [-0.39, 0.29) is 6.04 Å². The smallest absolute Gasteiger partial charge is 0.244 e. The molecule has 1 atom stereocenters. The molecule has 3 rings (SSSR count). The topological polar surface area (TPSA) is 60.2 Å². The van der Waals surface area contributed by atoms with Crippen molar-refractivity contribution in [3.05, 3.63) is 29.1 Å². The van der Waals surface area contributed by atoms with Gasteiger partial charge in [-0.2, -0.15) is 4.98 Å². The fourth-order valence-corrected chi connectivity index (χ4v) is 2.39. The van der Waals surface area contributed by atoms with Gasteiger partial charge >= 0.3 is 0 Å². The number of methoxy groups -OCH3 is 1. The molecule has 19 heavy (non-hydrogen) atoms. The summed E-state index contributed by atoms with van der Waals surface area (Å²) >= 11 is 5.94. The summed E-state index contributed by atoms with van der Waals surface area (Å²) in [7, 11) is 1.59. The van der Waals surface area contributed by atoms with Crippen molar-refractivity contribution in [1.29, 1.82) is 0 Å². The molecule has 0 radical (unpaired) electrons. The maximum Gasteiger partial charge on any atom is 0.244 e. The number of hydrogen-bond acceptors (Lipinski definition) is 5. The van der Waals surface area contributed by atoms with Gasteiger partial charge in [-0.05, 0) is 37.6 Å². The molecule has 0 spiro atoms. The Morgan fingerprint density at radius 2 is 2.37 bits per heavy atom. The van der Waals surface area contributed by atoms with Crippen LogP contribution in [0.2, 0.25) is 5.02 Å². The van der Waals surface area contributed by atoms with E-state index in [9.17, 15) is 0 Å². The SMILES string of the molecule is COc1cc(Cl)ccc1-c1noc([C@@H]2CCCN2)n1. The highest BCUT2D eigenvalue weighted by atomic mass is 35.5. The van der Waals surface area contributed by atoms with Crippen molar-refractivity contribution in [3.8, 4) is 17.1 Å². The minimum absolute atomic E-state index is 0.166. The fraction of sp³-hybridized carbons (Fsp3) is 0.385. The molecule has 100 valence electrons. The summed E-state index contributed by atoms with van der Waals surface area (Å²) in [6.07, 6.45) is 2.16. The lowest BCUT2D eigenvalue weighted by Crippen LogP contribution is -2.12. The predicted octanol–water partition coefficient (Wildman–Crippen LogP) is 2.82. The van der Waals surface area contributed by atoms with Gasteiger partial charge in [0, 0.05) is 5.02 Å². The molecule has 1 saturated heterocycles. The molecule has 1 aromatic carbocycles. The van der Waals surface area contributed by atoms with Crippen LogP contribution in [0.1, 0.15) is 24.8 Å². The molecule has 0 amide bonds. The van der Waals surface area contributed by atoms with E-state index in [0.29, 0.717) is 22.5 Å². The number of nitrogens with zero attached hydrogens (tertiary/aromatic N) is 2. The number of hydrogen-bond donors (Lipinski definition) is 1. The highest BCUT2D eigenvalue weighted by Crippen LogP contribution is 2.31. The standard InChI is InChI=1S/C13H14ClN3O2/c1-18-11-7-8(14)4-5-9(11)12-16-13(19-17-12)10-3-2-6-15-10/h4-5,7,10,15H,2-3,6H2,1H3/t10-/m0/s1. The predicted molar refractivity (Wildman–Crippen MR) is 71.3 cm³/mol. The van der Waals surface area contributed by atoms with Crippen LogP contribution in [0.4, 0.5) is 0 Å². The van der Waals surface area contributed by atoms with Crippen LogP contribution in [-0.4, -0.2) is 23.8 Å². The zero-order valence-electron chi connectivity index (χ0n) is 10.5. The van der Waals surface area contributed by atoms with E-state index in [4.69, 9.17) is 20.9 Å². The lowest BCUT2D eigenvalue weighted by atomic mass is 10.2. The number of benzene rings is 1. The average molecular weight is 280 g/mol. The fourth-order valence-electron chi connectivity index (χ4n) is 2.23. The van der Waals surface area contributed by atoms with E-state index < -0.39 is 0 Å². The van der Waals surface area contributed by atoms with E-state index in [1.165, 1.54) is 0 Å². The van der Waals surface area contributed by atoms with E-state index in [2.05, 4.69) is 15.5 Å². The number of aromatic nitrogens is 2. The molecule has 5 nitrogen and oxygen atoms in total. The van der Waals surface area contributed by atoms with Crippen LogP contribution in [-0.2, 0) is 0 Å². The minimum Gasteiger partial charge on any atom is -0.496 e. The quantitative estimate of drug-likeness (QED) is 0.936. The molecule has 2 heterocycles. The van der Waals surface area contributed by atoms with Crippen molar-refractivity contribution in [3.63, 3.8) is 0 Å². The second-order valence-electron chi connectivity index (χ2n) is 4.45. The molecule has 1 aromatic heterocycles. The lowest BCUT2D eigenvalue weighted by Gasteiger charge is -2.05. The van der Waals surface area contributed by atoms with E-state index in [1.54, 1.807) is 19.2 Å². The van der Waals surface area contributed by atoms with Gasteiger partial charge in [0.1, 0.15) is 5.75 Å². The van der Waals surface area contributed by atoms with Gasteiger partial charge in [0.15, 0.2) is 0 Å². The maximum atomic E-state index is 5.94. The van der Waals surface area contributed by atoms with Gasteiger partial charge in [0.2, 0.25) is 11.7 Å². The van der Waals surface area contributed by atoms with Crippen molar-refractivity contribution in [1.82, 2.24) is 15.5 Å². The first kappa shape index (κ1) is 12.4. The number of ether oxygens (including phenoxy) is 1. The van der Waals surface area contributed by atoms with Crippen molar-refractivity contribution in [2.45, 2.75) is 18.9 Å². The third kappa shape index (κ3) is 2.43. The number of halogens is 1. The molecular weight excluding hydrogens is 266 g/mol. The molecule has 2 aromatic rings. The van der Waals surface area contributed by atoms with Crippen LogP contribution in [0.5, 0.6) is 5.75 Å². The Labute approximate surface area is 115 Å². The van der Waals surface area contributed by atoms with Gasteiger partial charge in [-0.15, -0.1) is 0 Å². The summed E-state index contributed by atoms with van der Waals surface area (Å²) in [5.41, 5.74) is 0.778. The van der Waals surface area contributed by atoms with Gasteiger partial charge in [0.05, 0.1) is 18.7 Å². The molecule has 6 heteroatoms. The van der Waals surface area contributed by atoms with Gasteiger partial charge in [-0.1, -0.05) is 16.8 Å². The third-order valence-corrected chi connectivity index (χ3v) is 3.44. The zero-order valence-corrected chi connectivity index (χ0v) is 11.3. The largest absolute Gasteiger partial charge is 0.496 e. The van der Waals surface area contributed by atoms with Gasteiger partial charge in [-0.3, -0.25) is 0 Å². The van der Waals surface area contributed by atoms with Crippen LogP contribution < -0.4 is 10.1 Å². The van der Waals surface area contributed by atoms with Crippen molar-refractivity contribution in [2.75, 3.05) is 13.7 Å². The van der Waals surface area contributed by atoms with Crippen LogP contribution >= 0.6 is 11.6 Å². The maximum absolute atomic E-state index is 5.94. The Balaban J connectivity index is 1.93. The van der Waals surface area contributed by atoms with Crippen LogP contribution in [0, 0.1) is 0 Å². The Kier molecular flexibility index (Phi) is 3.40. The molecule has 1 fully saturated rings. The molecule has 0 saturated carbocycles. The van der Waals surface area contributed by atoms with Crippen LogP contribution in [0.25, 0.3) is 11.4 Å². The van der Waals surface area contributed by atoms with Gasteiger partial charge < -0.3 is 14.6 Å². The van der Waals surface area contributed by atoms with Gasteiger partial charge in [-0.25, -0.2) is 0 Å². The zero-order chi connectivity index (χ0) is 13.2. The highest BCUT2D eigenvalue weighted by molar-refractivity contribution is 6.30. The summed E-state index contributed by atoms with van der Waals surface area (Å²) in [6, 6.07) is 5.52. The Hall–Kier alpha value is -1.59. The summed E-state index contributed by atoms with van der Waals surface area (Å²) < 4.78 is 10.6. The van der Waals surface area contributed by atoms with Gasteiger partial charge in [0.25, 0.3) is 0 Å². The van der Waals surface area contributed by atoms with E-state index in [0.717, 1.165) is 24.9 Å². The Morgan fingerprint density at radius 1 is 1.47 bits per heavy atom. The summed E-state index contributed by atoms with van der Waals surface area (Å²) in [4.78, 5) is 4.44. The second kappa shape index (κ2) is 5.19. The molecule has 0 unspecified atom stereocenters. The van der Waals surface area contributed by atoms with Crippen LogP contribution in [0.3, 0.4) is 0 Å². The van der Waals surface area contributed by atoms with E-state index >= 15 is 0 Å². The Bertz CT molecular complexity index is 579. The first-order chi connectivity index (χ1) is 9.28. The second-order valence-corrected chi connectivity index (χ2v) is 4.89. The molecule has 1 aliphatic heterocycles. The number of rotatable bonds is 3. The summed E-state index contributed by atoms with van der Waals surface area (Å²) in [5.74, 6) is 1.79. The van der Waals surface area contributed by atoms with Crippen molar-refractivity contribution >= 4 is 11.6 Å². The highest BCUT2D eigenvalue weighted by Gasteiger charge is 2.23. The molecule has 0 aliphatic carbocycles. The first-order valence-corrected chi connectivity index (χ1v) is 6.56. The minimum atomic E-state index is 0.166. The average Bonchev–Trinajstić information content (AvgIpc) is 3.09. The number of nitrogens with one attached hydrogen (secondary N) is 1. The monoisotopic (exact) mass is 279 g/mol. The van der Waals surface area contributed by atoms with Crippen molar-refractivity contribution in [2.24, 2.45) is 0 Å². The van der Waals surface area contributed by atoms with Crippen LogP contribution in [0.15, 0.2) is 22.7 Å². The molecule has 1 aliphatic rings. The Morgan fingerprint density at radius 3 is 3.11 bits per heavy atom. The summed E-state index contributed by atoms with van der Waals surface area (Å²) in [5, 5.41) is 7.96. The van der Waals surface area contributed by atoms with E-state index in [1.807, 2.05) is 6.07 Å². The molecule has 1 N–H and O–H groups in total. The summed E-state index contributed by atoms with van der Waals surface area (Å²) in [6.45, 7) is 0.993. The first-order valence-electron chi connectivity index (χ1n) is 6.19. The third-order valence-electron chi connectivity index (χ3n) is 3.20.